The average Bonchev–Trinajstić information content (AvgIpc) is 3.15. The molecule has 0 aliphatic heterocycles. The summed E-state index contributed by atoms with van der Waals surface area (Å²) in [6.07, 6.45) is 1.63. The number of hydrogen-bond donors (Lipinski definition) is 2. The van der Waals surface area contributed by atoms with E-state index in [0.717, 1.165) is 0 Å². The molecule has 0 atom stereocenters. The summed E-state index contributed by atoms with van der Waals surface area (Å²) >= 11 is 1.22. The first-order chi connectivity index (χ1) is 14.1. The zero-order valence-electron chi connectivity index (χ0n) is 15.3. The molecule has 4 rings (SSSR count). The summed E-state index contributed by atoms with van der Waals surface area (Å²) in [6, 6.07) is 13.5. The Kier molecular flexibility index (Phi) is 5.05. The number of nitrogens with zero attached hydrogens (tertiary/aromatic N) is 4. The molecule has 8 nitrogen and oxygen atoms in total. The van der Waals surface area contributed by atoms with Gasteiger partial charge in [0, 0.05) is 12.2 Å². The monoisotopic (exact) mass is 407 g/mol. The van der Waals surface area contributed by atoms with Crippen LogP contribution in [0.3, 0.4) is 0 Å². The summed E-state index contributed by atoms with van der Waals surface area (Å²) in [6.45, 7) is 4.01. The summed E-state index contributed by atoms with van der Waals surface area (Å²) in [5.41, 5.74) is 1.10. The molecule has 0 spiro atoms. The Bertz CT molecular complexity index is 1280. The van der Waals surface area contributed by atoms with Gasteiger partial charge in [0.05, 0.1) is 16.7 Å². The van der Waals surface area contributed by atoms with Crippen LogP contribution in [0.2, 0.25) is 0 Å². The minimum Gasteiger partial charge on any atom is -0.508 e. The van der Waals surface area contributed by atoms with Crippen LogP contribution in [0.25, 0.3) is 16.7 Å². The van der Waals surface area contributed by atoms with Crippen molar-refractivity contribution in [2.24, 2.45) is 0 Å². The first-order valence-corrected chi connectivity index (χ1v) is 9.76. The molecule has 146 valence electrons. The normalized spacial score (nSPS) is 11.0. The first kappa shape index (κ1) is 18.8. The van der Waals surface area contributed by atoms with Crippen LogP contribution in [-0.4, -0.2) is 35.9 Å². The topological polar surface area (TPSA) is 102 Å². The highest BCUT2D eigenvalue weighted by Gasteiger charge is 2.17. The lowest BCUT2D eigenvalue weighted by molar-refractivity contribution is -0.113. The maximum Gasteiger partial charge on any atom is 0.263 e. The summed E-state index contributed by atoms with van der Waals surface area (Å²) in [5, 5.41) is 21.5. The van der Waals surface area contributed by atoms with Crippen molar-refractivity contribution in [3.05, 3.63) is 71.5 Å². The molecule has 0 fully saturated rings. The maximum absolute atomic E-state index is 12.8. The smallest absolute Gasteiger partial charge is 0.263 e. The highest BCUT2D eigenvalue weighted by atomic mass is 32.2. The number of anilines is 1. The third-order valence-electron chi connectivity index (χ3n) is 4.27. The van der Waals surface area contributed by atoms with Crippen molar-refractivity contribution >= 4 is 40.0 Å². The van der Waals surface area contributed by atoms with Gasteiger partial charge in [-0.1, -0.05) is 30.0 Å². The molecule has 2 heterocycles. The lowest BCUT2D eigenvalue weighted by atomic mass is 10.2. The van der Waals surface area contributed by atoms with E-state index in [4.69, 9.17) is 0 Å². The lowest BCUT2D eigenvalue weighted by Gasteiger charge is -2.09. The Morgan fingerprint density at radius 3 is 2.69 bits per heavy atom. The molecule has 4 aromatic rings. The second kappa shape index (κ2) is 7.80. The zero-order valence-corrected chi connectivity index (χ0v) is 16.1. The lowest BCUT2D eigenvalue weighted by Crippen LogP contribution is -2.22. The van der Waals surface area contributed by atoms with E-state index in [1.807, 2.05) is 12.1 Å². The zero-order chi connectivity index (χ0) is 20.4. The number of thioether (sulfide) groups is 1. The minimum absolute atomic E-state index is 0.108. The van der Waals surface area contributed by atoms with Gasteiger partial charge < -0.3 is 10.4 Å². The van der Waals surface area contributed by atoms with Crippen molar-refractivity contribution in [3.63, 3.8) is 0 Å². The number of aromatic nitrogens is 4. The number of allylic oxidation sites excluding steroid dienone is 1. The van der Waals surface area contributed by atoms with E-state index in [9.17, 15) is 14.7 Å². The Hall–Kier alpha value is -3.59. The molecule has 0 aliphatic rings. The molecule has 0 radical (unpaired) electrons. The van der Waals surface area contributed by atoms with Crippen molar-refractivity contribution in [2.75, 3.05) is 11.1 Å². The van der Waals surface area contributed by atoms with Crippen molar-refractivity contribution < 1.29 is 9.90 Å². The fourth-order valence-electron chi connectivity index (χ4n) is 2.99. The molecule has 0 aliphatic carbocycles. The van der Waals surface area contributed by atoms with Gasteiger partial charge in [-0.3, -0.25) is 18.6 Å². The molecular weight excluding hydrogens is 390 g/mol. The standard InChI is InChI=1S/C20H17N5O3S/c1-2-11-24-18(28)15-5-3-4-6-16(15)25-19(24)22-23-20(25)29-12-17(27)21-13-7-9-14(26)10-8-13/h2-10,26H,1,11-12H2,(H,21,27). The van der Waals surface area contributed by atoms with E-state index in [0.29, 0.717) is 34.1 Å². The summed E-state index contributed by atoms with van der Waals surface area (Å²) in [4.78, 5) is 25.1. The van der Waals surface area contributed by atoms with Crippen LogP contribution >= 0.6 is 11.8 Å². The fraction of sp³-hybridized carbons (Fsp3) is 0.100. The van der Waals surface area contributed by atoms with E-state index in [1.165, 1.54) is 28.5 Å². The van der Waals surface area contributed by atoms with Crippen LogP contribution in [0.15, 0.2) is 71.1 Å². The van der Waals surface area contributed by atoms with E-state index in [1.54, 1.807) is 34.7 Å². The van der Waals surface area contributed by atoms with Crippen LogP contribution in [0, 0.1) is 0 Å². The van der Waals surface area contributed by atoms with Crippen molar-refractivity contribution in [1.82, 2.24) is 19.2 Å². The van der Waals surface area contributed by atoms with Crippen molar-refractivity contribution in [2.45, 2.75) is 11.7 Å². The Balaban J connectivity index is 1.66. The quantitative estimate of drug-likeness (QED) is 0.289. The van der Waals surface area contributed by atoms with Gasteiger partial charge in [0.25, 0.3) is 5.56 Å². The molecule has 2 aromatic carbocycles. The predicted octanol–water partition coefficient (Wildman–Crippen LogP) is 2.67. The minimum atomic E-state index is -0.221. The number of phenolic OH excluding ortho intramolecular Hbond substituents is 1. The number of fused-ring (bicyclic) bond motifs is 3. The van der Waals surface area contributed by atoms with Gasteiger partial charge in [0.2, 0.25) is 11.7 Å². The highest BCUT2D eigenvalue weighted by molar-refractivity contribution is 7.99. The molecule has 2 N–H and O–H groups in total. The molecule has 9 heteroatoms. The largest absolute Gasteiger partial charge is 0.508 e. The van der Waals surface area contributed by atoms with Gasteiger partial charge in [-0.05, 0) is 36.4 Å². The number of phenols is 1. The van der Waals surface area contributed by atoms with Gasteiger partial charge >= 0.3 is 0 Å². The van der Waals surface area contributed by atoms with Gasteiger partial charge in [-0.25, -0.2) is 0 Å². The molecule has 29 heavy (non-hydrogen) atoms. The molecule has 0 saturated carbocycles. The van der Waals surface area contributed by atoms with Crippen molar-refractivity contribution in [3.8, 4) is 5.75 Å². The fourth-order valence-corrected chi connectivity index (χ4v) is 3.73. The van der Waals surface area contributed by atoms with Gasteiger partial charge in [-0.2, -0.15) is 0 Å². The van der Waals surface area contributed by atoms with Crippen LogP contribution in [-0.2, 0) is 11.3 Å². The summed E-state index contributed by atoms with van der Waals surface area (Å²) < 4.78 is 3.28. The van der Waals surface area contributed by atoms with E-state index >= 15 is 0 Å². The van der Waals surface area contributed by atoms with Crippen LogP contribution < -0.4 is 10.9 Å². The molecule has 0 bridgehead atoms. The average molecular weight is 407 g/mol. The second-order valence-electron chi connectivity index (χ2n) is 6.22. The number of para-hydroxylation sites is 1. The Morgan fingerprint density at radius 2 is 1.93 bits per heavy atom. The molecule has 0 saturated heterocycles. The molecule has 1 amide bonds. The molecule has 2 aromatic heterocycles. The number of hydrogen-bond acceptors (Lipinski definition) is 6. The summed E-state index contributed by atoms with van der Waals surface area (Å²) in [5.74, 6) is 0.414. The SMILES string of the molecule is C=CCn1c(=O)c2ccccc2n2c(SCC(=O)Nc3ccc(O)cc3)nnc12. The number of amides is 1. The van der Waals surface area contributed by atoms with Gasteiger partial charge in [0.15, 0.2) is 5.16 Å². The van der Waals surface area contributed by atoms with Gasteiger partial charge in [0.1, 0.15) is 5.75 Å². The highest BCUT2D eigenvalue weighted by Crippen LogP contribution is 2.22. The number of nitrogens with one attached hydrogen (secondary N) is 1. The van der Waals surface area contributed by atoms with Gasteiger partial charge in [-0.15, -0.1) is 16.8 Å². The third-order valence-corrected chi connectivity index (χ3v) is 5.20. The van der Waals surface area contributed by atoms with Crippen LogP contribution in [0.1, 0.15) is 0 Å². The molecule has 0 unspecified atom stereocenters. The van der Waals surface area contributed by atoms with E-state index < -0.39 is 0 Å². The Labute approximate surface area is 169 Å². The van der Waals surface area contributed by atoms with Crippen LogP contribution in [0.4, 0.5) is 5.69 Å². The molecular formula is C20H17N5O3S. The number of aromatic hydroxyl groups is 1. The number of rotatable bonds is 6. The number of carbonyl (C=O) groups excluding carboxylic acids is 1. The van der Waals surface area contributed by atoms with Crippen LogP contribution in [0.5, 0.6) is 5.75 Å². The van der Waals surface area contributed by atoms with E-state index in [2.05, 4.69) is 22.1 Å². The number of benzene rings is 2. The maximum atomic E-state index is 12.8. The summed E-state index contributed by atoms with van der Waals surface area (Å²) in [7, 11) is 0. The second-order valence-corrected chi connectivity index (χ2v) is 7.17. The third kappa shape index (κ3) is 3.59. The number of carbonyl (C=O) groups is 1. The first-order valence-electron chi connectivity index (χ1n) is 8.77. The van der Waals surface area contributed by atoms with Crippen molar-refractivity contribution in [1.29, 1.82) is 0 Å². The predicted molar refractivity (Wildman–Crippen MR) is 112 cm³/mol. The Morgan fingerprint density at radius 1 is 1.17 bits per heavy atom. The van der Waals surface area contributed by atoms with E-state index in [-0.39, 0.29) is 23.0 Å².